The summed E-state index contributed by atoms with van der Waals surface area (Å²) >= 11 is 0. The molecule has 0 radical (unpaired) electrons. The van der Waals surface area contributed by atoms with E-state index in [2.05, 4.69) is 0 Å². The van der Waals surface area contributed by atoms with Crippen molar-refractivity contribution in [2.75, 3.05) is 0 Å². The van der Waals surface area contributed by atoms with Gasteiger partial charge in [0.1, 0.15) is 29.5 Å². The Hall–Kier alpha value is -2.61. The zero-order chi connectivity index (χ0) is 14.7. The van der Waals surface area contributed by atoms with E-state index in [4.69, 9.17) is 14.4 Å². The lowest BCUT2D eigenvalue weighted by Gasteiger charge is -2.05. The number of hydrogen-bond acceptors (Lipinski definition) is 4. The number of esters is 1. The minimum atomic E-state index is -0.572. The summed E-state index contributed by atoms with van der Waals surface area (Å²) in [4.78, 5) is 11.8. The number of ether oxygens (including phenoxy) is 1. The van der Waals surface area contributed by atoms with Crippen LogP contribution in [0.1, 0.15) is 33.0 Å². The summed E-state index contributed by atoms with van der Waals surface area (Å²) in [6.07, 6.45) is 0. The van der Waals surface area contributed by atoms with E-state index in [0.29, 0.717) is 17.1 Å². The van der Waals surface area contributed by atoms with Gasteiger partial charge in [-0.05, 0) is 32.0 Å². The average Bonchev–Trinajstić information content (AvgIpc) is 2.76. The van der Waals surface area contributed by atoms with E-state index in [1.54, 1.807) is 19.9 Å². The Bertz CT molecular complexity index is 698. The summed E-state index contributed by atoms with van der Waals surface area (Å²) in [7, 11) is 0. The van der Waals surface area contributed by atoms with E-state index >= 15 is 0 Å². The molecule has 2 rings (SSSR count). The highest BCUT2D eigenvalue weighted by molar-refractivity contribution is 5.90. The summed E-state index contributed by atoms with van der Waals surface area (Å²) in [5.41, 5.74) is 0.769. The Morgan fingerprint density at radius 3 is 2.70 bits per heavy atom. The maximum Gasteiger partial charge on any atom is 0.342 e. The van der Waals surface area contributed by atoms with Crippen LogP contribution in [0.3, 0.4) is 0 Å². The molecule has 0 fully saturated rings. The van der Waals surface area contributed by atoms with Gasteiger partial charge in [-0.2, -0.15) is 5.26 Å². The van der Waals surface area contributed by atoms with Crippen LogP contribution in [0.2, 0.25) is 0 Å². The van der Waals surface area contributed by atoms with Crippen LogP contribution in [0.15, 0.2) is 28.7 Å². The largest absolute Gasteiger partial charge is 0.466 e. The van der Waals surface area contributed by atoms with Crippen molar-refractivity contribution >= 4 is 5.97 Å². The summed E-state index contributed by atoms with van der Waals surface area (Å²) in [6.45, 7) is 3.19. The van der Waals surface area contributed by atoms with Crippen molar-refractivity contribution in [3.8, 4) is 6.07 Å². The number of carbonyl (C=O) groups is 1. The van der Waals surface area contributed by atoms with Crippen molar-refractivity contribution in [1.82, 2.24) is 0 Å². The third kappa shape index (κ3) is 2.86. The third-order valence-corrected chi connectivity index (χ3v) is 2.80. The molecule has 0 aliphatic carbocycles. The van der Waals surface area contributed by atoms with E-state index in [0.717, 1.165) is 6.07 Å². The average molecular weight is 273 g/mol. The van der Waals surface area contributed by atoms with Crippen LogP contribution >= 0.6 is 0 Å². The lowest BCUT2D eigenvalue weighted by atomic mass is 10.1. The first-order valence-electron chi connectivity index (χ1n) is 5.94. The Kier molecular flexibility index (Phi) is 3.85. The fourth-order valence-corrected chi connectivity index (χ4v) is 1.79. The highest BCUT2D eigenvalue weighted by atomic mass is 19.1. The summed E-state index contributed by atoms with van der Waals surface area (Å²) < 4.78 is 23.9. The van der Waals surface area contributed by atoms with Crippen LogP contribution in [0.25, 0.3) is 0 Å². The summed E-state index contributed by atoms with van der Waals surface area (Å²) in [5.74, 6) is -0.0631. The topological polar surface area (TPSA) is 63.2 Å². The van der Waals surface area contributed by atoms with Crippen LogP contribution < -0.4 is 0 Å². The van der Waals surface area contributed by atoms with Gasteiger partial charge in [-0.25, -0.2) is 9.18 Å². The quantitative estimate of drug-likeness (QED) is 0.805. The molecule has 1 aromatic carbocycles. The van der Waals surface area contributed by atoms with E-state index in [9.17, 15) is 9.18 Å². The van der Waals surface area contributed by atoms with Crippen molar-refractivity contribution in [1.29, 1.82) is 5.26 Å². The third-order valence-electron chi connectivity index (χ3n) is 2.80. The molecule has 0 atom stereocenters. The van der Waals surface area contributed by atoms with Gasteiger partial charge in [-0.3, -0.25) is 0 Å². The highest BCUT2D eigenvalue weighted by Crippen LogP contribution is 2.17. The van der Waals surface area contributed by atoms with Gasteiger partial charge < -0.3 is 9.15 Å². The van der Waals surface area contributed by atoms with E-state index in [-0.39, 0.29) is 17.7 Å². The van der Waals surface area contributed by atoms with Crippen LogP contribution in [0, 0.1) is 31.0 Å². The number of carbonyl (C=O) groups excluding carboxylic acids is 1. The van der Waals surface area contributed by atoms with E-state index in [1.165, 1.54) is 12.1 Å². The predicted molar refractivity (Wildman–Crippen MR) is 68.4 cm³/mol. The number of nitrogens with zero attached hydrogens (tertiary/aromatic N) is 1. The molecule has 102 valence electrons. The zero-order valence-electron chi connectivity index (χ0n) is 11.1. The van der Waals surface area contributed by atoms with Crippen LogP contribution in [0.5, 0.6) is 0 Å². The molecule has 5 heteroatoms. The van der Waals surface area contributed by atoms with Gasteiger partial charge in [-0.1, -0.05) is 6.07 Å². The first-order chi connectivity index (χ1) is 9.51. The van der Waals surface area contributed by atoms with Crippen LogP contribution in [-0.4, -0.2) is 5.97 Å². The number of halogens is 1. The second-order valence-electron chi connectivity index (χ2n) is 4.32. The molecule has 2 aromatic rings. The van der Waals surface area contributed by atoms with Crippen LogP contribution in [0.4, 0.5) is 4.39 Å². The highest BCUT2D eigenvalue weighted by Gasteiger charge is 2.15. The van der Waals surface area contributed by atoms with Gasteiger partial charge in [0.05, 0.1) is 11.6 Å². The summed E-state index contributed by atoms with van der Waals surface area (Å²) in [5, 5.41) is 8.64. The molecule has 0 spiro atoms. The fourth-order valence-electron chi connectivity index (χ4n) is 1.79. The molecule has 1 heterocycles. The van der Waals surface area contributed by atoms with Crippen LogP contribution in [-0.2, 0) is 11.3 Å². The van der Waals surface area contributed by atoms with Crippen molar-refractivity contribution < 1.29 is 18.3 Å². The smallest absolute Gasteiger partial charge is 0.342 e. The molecule has 1 aromatic heterocycles. The molecule has 0 N–H and O–H groups in total. The van der Waals surface area contributed by atoms with Crippen molar-refractivity contribution in [3.63, 3.8) is 0 Å². The second-order valence-corrected chi connectivity index (χ2v) is 4.32. The van der Waals surface area contributed by atoms with Crippen molar-refractivity contribution in [2.24, 2.45) is 0 Å². The van der Waals surface area contributed by atoms with Gasteiger partial charge in [-0.15, -0.1) is 0 Å². The minimum Gasteiger partial charge on any atom is -0.466 e. The molecule has 0 aliphatic rings. The molecule has 0 saturated carbocycles. The van der Waals surface area contributed by atoms with Crippen molar-refractivity contribution in [3.05, 3.63) is 58.3 Å². The number of benzene rings is 1. The SMILES string of the molecule is Cc1cc(C(=O)OCc2ccc(C#N)cc2F)c(C)o1. The molecule has 0 amide bonds. The van der Waals surface area contributed by atoms with Crippen molar-refractivity contribution in [2.45, 2.75) is 20.5 Å². The first-order valence-corrected chi connectivity index (χ1v) is 5.94. The molecular formula is C15H12FNO3. The van der Waals surface area contributed by atoms with E-state index in [1.807, 2.05) is 6.07 Å². The molecule has 0 aliphatic heterocycles. The standard InChI is InChI=1S/C15H12FNO3/c1-9-5-13(10(2)20-9)15(18)19-8-12-4-3-11(7-17)6-14(12)16/h3-6H,8H2,1-2H3. The van der Waals surface area contributed by atoms with Gasteiger partial charge in [0, 0.05) is 5.56 Å². The second kappa shape index (κ2) is 5.57. The molecule has 20 heavy (non-hydrogen) atoms. The maximum absolute atomic E-state index is 13.6. The number of furan rings is 1. The number of rotatable bonds is 3. The molecule has 0 bridgehead atoms. The maximum atomic E-state index is 13.6. The molecule has 4 nitrogen and oxygen atoms in total. The fraction of sp³-hybridized carbons (Fsp3) is 0.200. The van der Waals surface area contributed by atoms with E-state index < -0.39 is 11.8 Å². The minimum absolute atomic E-state index is 0.194. The summed E-state index contributed by atoms with van der Waals surface area (Å²) in [6, 6.07) is 7.42. The van der Waals surface area contributed by atoms with Gasteiger partial charge in [0.25, 0.3) is 0 Å². The number of aryl methyl sites for hydroxylation is 2. The van der Waals surface area contributed by atoms with Gasteiger partial charge in [0.2, 0.25) is 0 Å². The zero-order valence-corrected chi connectivity index (χ0v) is 11.1. The monoisotopic (exact) mass is 273 g/mol. The Balaban J connectivity index is 2.08. The molecule has 0 saturated heterocycles. The molecule has 0 unspecified atom stereocenters. The first kappa shape index (κ1) is 13.8. The Morgan fingerprint density at radius 1 is 1.40 bits per heavy atom. The Morgan fingerprint density at radius 2 is 2.15 bits per heavy atom. The molecular weight excluding hydrogens is 261 g/mol. The van der Waals surface area contributed by atoms with Gasteiger partial charge >= 0.3 is 5.97 Å². The normalized spacial score (nSPS) is 10.1. The predicted octanol–water partition coefficient (Wildman–Crippen LogP) is 3.26. The van der Waals surface area contributed by atoms with Gasteiger partial charge in [0.15, 0.2) is 0 Å². The number of hydrogen-bond donors (Lipinski definition) is 0. The lowest BCUT2D eigenvalue weighted by molar-refractivity contribution is 0.0467. The Labute approximate surface area is 115 Å². The number of nitriles is 1. The lowest BCUT2D eigenvalue weighted by Crippen LogP contribution is -2.06.